The van der Waals surface area contributed by atoms with Gasteiger partial charge in [0.05, 0.1) is 24.9 Å². The normalized spacial score (nSPS) is 11.1. The minimum atomic E-state index is 0.429. The fraction of sp³-hybridized carbons (Fsp3) is 0.208. The standard InChI is InChI=1S/C24H25ClN2O3/c1-4-6-24(27-21-13-20(25)22(28-2)14-23(21)29-3)30-16-17-8-10-18(11-9-17)19-7-5-12-26-15-19/h5-15,27H,4,16H2,1-3H3/b24-6-. The molecule has 0 saturated heterocycles. The molecule has 3 aromatic rings. The van der Waals surface area contributed by atoms with Gasteiger partial charge in [-0.25, -0.2) is 0 Å². The van der Waals surface area contributed by atoms with Gasteiger partial charge in [0, 0.05) is 18.5 Å². The fourth-order valence-electron chi connectivity index (χ4n) is 2.91. The van der Waals surface area contributed by atoms with Crippen LogP contribution >= 0.6 is 11.6 Å². The second kappa shape index (κ2) is 10.6. The summed E-state index contributed by atoms with van der Waals surface area (Å²) in [4.78, 5) is 4.17. The largest absolute Gasteiger partial charge is 0.495 e. The molecule has 3 rings (SSSR count). The molecule has 6 heteroatoms. The summed E-state index contributed by atoms with van der Waals surface area (Å²) < 4.78 is 16.7. The van der Waals surface area contributed by atoms with Crippen LogP contribution in [-0.2, 0) is 11.3 Å². The van der Waals surface area contributed by atoms with Crippen molar-refractivity contribution in [1.82, 2.24) is 4.98 Å². The number of rotatable bonds is 9. The first kappa shape index (κ1) is 21.5. The molecule has 0 spiro atoms. The summed E-state index contributed by atoms with van der Waals surface area (Å²) >= 11 is 6.27. The molecular weight excluding hydrogens is 400 g/mol. The van der Waals surface area contributed by atoms with E-state index in [1.165, 1.54) is 0 Å². The molecule has 156 valence electrons. The van der Waals surface area contributed by atoms with E-state index >= 15 is 0 Å². The van der Waals surface area contributed by atoms with Gasteiger partial charge in [0.1, 0.15) is 18.1 Å². The third kappa shape index (κ3) is 5.45. The van der Waals surface area contributed by atoms with Crippen molar-refractivity contribution in [3.63, 3.8) is 0 Å². The molecule has 0 atom stereocenters. The summed E-state index contributed by atoms with van der Waals surface area (Å²) in [5, 5.41) is 3.75. The molecule has 0 bridgehead atoms. The maximum absolute atomic E-state index is 6.27. The summed E-state index contributed by atoms with van der Waals surface area (Å²) in [5.41, 5.74) is 3.97. The highest BCUT2D eigenvalue weighted by molar-refractivity contribution is 6.32. The highest BCUT2D eigenvalue weighted by atomic mass is 35.5. The molecular formula is C24H25ClN2O3. The molecule has 2 aromatic carbocycles. The molecule has 1 heterocycles. The van der Waals surface area contributed by atoms with E-state index in [0.29, 0.717) is 34.7 Å². The first-order valence-electron chi connectivity index (χ1n) is 9.65. The maximum atomic E-state index is 6.27. The number of ether oxygens (including phenoxy) is 3. The number of benzene rings is 2. The van der Waals surface area contributed by atoms with E-state index in [1.54, 1.807) is 32.5 Å². The van der Waals surface area contributed by atoms with Crippen LogP contribution in [0.25, 0.3) is 11.1 Å². The molecule has 0 radical (unpaired) electrons. The maximum Gasteiger partial charge on any atom is 0.187 e. The average Bonchev–Trinajstić information content (AvgIpc) is 2.79. The number of pyridine rings is 1. The van der Waals surface area contributed by atoms with Crippen LogP contribution < -0.4 is 14.8 Å². The minimum absolute atomic E-state index is 0.429. The Morgan fingerprint density at radius 1 is 1.03 bits per heavy atom. The SMILES string of the molecule is CC/C=C(/Nc1cc(Cl)c(OC)cc1OC)OCc1ccc(-c2cccnc2)cc1. The predicted molar refractivity (Wildman–Crippen MR) is 121 cm³/mol. The Labute approximate surface area is 182 Å². The van der Waals surface area contributed by atoms with Gasteiger partial charge in [0.25, 0.3) is 0 Å². The molecule has 0 amide bonds. The molecule has 1 N–H and O–H groups in total. The van der Waals surface area contributed by atoms with Gasteiger partial charge < -0.3 is 19.5 Å². The van der Waals surface area contributed by atoms with Crippen molar-refractivity contribution < 1.29 is 14.2 Å². The van der Waals surface area contributed by atoms with Crippen molar-refractivity contribution in [2.24, 2.45) is 0 Å². The summed E-state index contributed by atoms with van der Waals surface area (Å²) in [6, 6.07) is 15.7. The molecule has 0 aliphatic rings. The predicted octanol–water partition coefficient (Wildman–Crippen LogP) is 6.30. The number of anilines is 1. The summed E-state index contributed by atoms with van der Waals surface area (Å²) in [6.07, 6.45) is 6.41. The van der Waals surface area contributed by atoms with Crippen LogP contribution in [0.4, 0.5) is 5.69 Å². The van der Waals surface area contributed by atoms with E-state index in [0.717, 1.165) is 23.1 Å². The number of halogens is 1. The highest BCUT2D eigenvalue weighted by Gasteiger charge is 2.12. The lowest BCUT2D eigenvalue weighted by Crippen LogP contribution is -2.06. The smallest absolute Gasteiger partial charge is 0.187 e. The van der Waals surface area contributed by atoms with Gasteiger partial charge in [-0.2, -0.15) is 0 Å². The first-order valence-corrected chi connectivity index (χ1v) is 10.0. The lowest BCUT2D eigenvalue weighted by Gasteiger charge is -2.17. The van der Waals surface area contributed by atoms with Crippen molar-refractivity contribution in [2.45, 2.75) is 20.0 Å². The molecule has 1 aromatic heterocycles. The first-order chi connectivity index (χ1) is 14.6. The lowest BCUT2D eigenvalue weighted by molar-refractivity contribution is 0.202. The van der Waals surface area contributed by atoms with Crippen LogP contribution in [-0.4, -0.2) is 19.2 Å². The Bertz CT molecular complexity index is 989. The highest BCUT2D eigenvalue weighted by Crippen LogP contribution is 2.36. The van der Waals surface area contributed by atoms with Gasteiger partial charge in [-0.3, -0.25) is 4.98 Å². The zero-order chi connectivity index (χ0) is 21.3. The summed E-state index contributed by atoms with van der Waals surface area (Å²) in [5.74, 6) is 1.80. The summed E-state index contributed by atoms with van der Waals surface area (Å²) in [7, 11) is 3.17. The second-order valence-corrected chi connectivity index (χ2v) is 6.92. The van der Waals surface area contributed by atoms with Crippen LogP contribution in [0, 0.1) is 0 Å². The van der Waals surface area contributed by atoms with Crippen molar-refractivity contribution in [2.75, 3.05) is 19.5 Å². The molecule has 5 nitrogen and oxygen atoms in total. The second-order valence-electron chi connectivity index (χ2n) is 6.52. The van der Waals surface area contributed by atoms with Gasteiger partial charge in [-0.05, 0) is 41.3 Å². The monoisotopic (exact) mass is 424 g/mol. The topological polar surface area (TPSA) is 52.6 Å². The van der Waals surface area contributed by atoms with E-state index < -0.39 is 0 Å². The number of hydrogen-bond donors (Lipinski definition) is 1. The molecule has 0 aliphatic carbocycles. The molecule has 0 unspecified atom stereocenters. The van der Waals surface area contributed by atoms with E-state index in [9.17, 15) is 0 Å². The number of nitrogens with zero attached hydrogens (tertiary/aromatic N) is 1. The van der Waals surface area contributed by atoms with Crippen LogP contribution in [0.2, 0.25) is 5.02 Å². The third-order valence-electron chi connectivity index (χ3n) is 4.46. The van der Waals surface area contributed by atoms with E-state index in [2.05, 4.69) is 34.6 Å². The third-order valence-corrected chi connectivity index (χ3v) is 4.76. The van der Waals surface area contributed by atoms with Gasteiger partial charge >= 0.3 is 0 Å². The number of aromatic nitrogens is 1. The van der Waals surface area contributed by atoms with E-state index in [-0.39, 0.29) is 0 Å². The Balaban J connectivity index is 1.70. The zero-order valence-corrected chi connectivity index (χ0v) is 18.1. The quantitative estimate of drug-likeness (QED) is 0.408. The lowest BCUT2D eigenvalue weighted by atomic mass is 10.1. The molecule has 0 fully saturated rings. The molecule has 0 aliphatic heterocycles. The van der Waals surface area contributed by atoms with Gasteiger partial charge in [-0.15, -0.1) is 0 Å². The zero-order valence-electron chi connectivity index (χ0n) is 17.3. The Morgan fingerprint density at radius 2 is 1.80 bits per heavy atom. The molecule has 0 saturated carbocycles. The summed E-state index contributed by atoms with van der Waals surface area (Å²) in [6.45, 7) is 2.48. The van der Waals surface area contributed by atoms with Crippen molar-refractivity contribution in [3.8, 4) is 22.6 Å². The van der Waals surface area contributed by atoms with Crippen LogP contribution in [0.15, 0.2) is 72.9 Å². The van der Waals surface area contributed by atoms with Crippen molar-refractivity contribution in [1.29, 1.82) is 0 Å². The minimum Gasteiger partial charge on any atom is -0.495 e. The van der Waals surface area contributed by atoms with Gasteiger partial charge in [0.15, 0.2) is 5.88 Å². The van der Waals surface area contributed by atoms with Crippen LogP contribution in [0.5, 0.6) is 11.5 Å². The van der Waals surface area contributed by atoms with Crippen molar-refractivity contribution >= 4 is 17.3 Å². The van der Waals surface area contributed by atoms with Crippen molar-refractivity contribution in [3.05, 3.63) is 83.5 Å². The van der Waals surface area contributed by atoms with Gasteiger partial charge in [0.2, 0.25) is 0 Å². The van der Waals surface area contributed by atoms with Gasteiger partial charge in [-0.1, -0.05) is 48.9 Å². The number of nitrogens with one attached hydrogen (secondary N) is 1. The van der Waals surface area contributed by atoms with Crippen LogP contribution in [0.3, 0.4) is 0 Å². The average molecular weight is 425 g/mol. The Kier molecular flexibility index (Phi) is 7.57. The van der Waals surface area contributed by atoms with Crippen LogP contribution in [0.1, 0.15) is 18.9 Å². The Hall–Kier alpha value is -3.18. The van der Waals surface area contributed by atoms with E-state index in [1.807, 2.05) is 31.3 Å². The van der Waals surface area contributed by atoms with E-state index in [4.69, 9.17) is 25.8 Å². The Morgan fingerprint density at radius 3 is 2.43 bits per heavy atom. The molecule has 30 heavy (non-hydrogen) atoms. The number of methoxy groups -OCH3 is 2. The number of hydrogen-bond acceptors (Lipinski definition) is 5. The number of allylic oxidation sites excluding steroid dienone is 1. The fourth-order valence-corrected chi connectivity index (χ4v) is 3.15.